The summed E-state index contributed by atoms with van der Waals surface area (Å²) < 4.78 is 27.9. The van der Waals surface area contributed by atoms with E-state index in [-0.39, 0.29) is 10.8 Å². The van der Waals surface area contributed by atoms with Crippen LogP contribution in [0.2, 0.25) is 0 Å². The Kier molecular flexibility index (Phi) is 6.45. The van der Waals surface area contributed by atoms with Gasteiger partial charge in [0.25, 0.3) is 10.0 Å². The molecule has 30 heavy (non-hydrogen) atoms. The van der Waals surface area contributed by atoms with Crippen molar-refractivity contribution in [1.82, 2.24) is 0 Å². The molecule has 0 aliphatic heterocycles. The molecule has 2 aromatic rings. The lowest BCUT2D eigenvalue weighted by atomic mass is 9.78. The van der Waals surface area contributed by atoms with Crippen LogP contribution < -0.4 is 10.0 Å². The number of carbonyl (C=O) groups is 2. The molecule has 0 aromatic heterocycles. The number of carbonyl (C=O) groups excluding carboxylic acids is 1. The molecule has 3 N–H and O–H groups in total. The fraction of sp³-hybridized carbons (Fsp3) is 0.364. The van der Waals surface area contributed by atoms with Crippen molar-refractivity contribution in [3.8, 4) is 0 Å². The van der Waals surface area contributed by atoms with Crippen LogP contribution in [0.3, 0.4) is 0 Å². The van der Waals surface area contributed by atoms with Crippen molar-refractivity contribution in [3.63, 3.8) is 0 Å². The van der Waals surface area contributed by atoms with Crippen molar-refractivity contribution in [2.45, 2.75) is 44.4 Å². The molecule has 8 heteroatoms. The summed E-state index contributed by atoms with van der Waals surface area (Å²) in [6, 6.07) is 11.3. The Labute approximate surface area is 176 Å². The van der Waals surface area contributed by atoms with E-state index in [0.717, 1.165) is 24.0 Å². The van der Waals surface area contributed by atoms with Crippen LogP contribution >= 0.6 is 0 Å². The molecule has 1 amide bonds. The van der Waals surface area contributed by atoms with Crippen LogP contribution in [0.4, 0.5) is 11.4 Å². The molecular weight excluding hydrogens is 404 g/mol. The monoisotopic (exact) mass is 430 g/mol. The van der Waals surface area contributed by atoms with E-state index >= 15 is 0 Å². The maximum absolute atomic E-state index is 12.7. The summed E-state index contributed by atoms with van der Waals surface area (Å²) in [4.78, 5) is 24.1. The van der Waals surface area contributed by atoms with Crippen LogP contribution in [-0.4, -0.2) is 25.4 Å². The molecule has 0 bridgehead atoms. The molecule has 2 atom stereocenters. The minimum atomic E-state index is -3.77. The fourth-order valence-electron chi connectivity index (χ4n) is 3.82. The summed E-state index contributed by atoms with van der Waals surface area (Å²) in [5.41, 5.74) is 2.80. The van der Waals surface area contributed by atoms with Gasteiger partial charge in [0.05, 0.1) is 22.4 Å². The van der Waals surface area contributed by atoms with E-state index in [4.69, 9.17) is 0 Å². The molecule has 160 valence electrons. The Morgan fingerprint density at radius 1 is 0.967 bits per heavy atom. The zero-order chi connectivity index (χ0) is 21.9. The third-order valence-corrected chi connectivity index (χ3v) is 6.86. The van der Waals surface area contributed by atoms with E-state index in [9.17, 15) is 23.1 Å². The zero-order valence-electron chi connectivity index (χ0n) is 17.0. The molecule has 0 radical (unpaired) electrons. The largest absolute Gasteiger partial charge is 0.481 e. The molecule has 2 aromatic carbocycles. The smallest absolute Gasteiger partial charge is 0.307 e. The van der Waals surface area contributed by atoms with E-state index < -0.39 is 27.8 Å². The highest BCUT2D eigenvalue weighted by molar-refractivity contribution is 7.92. The second-order valence-electron chi connectivity index (χ2n) is 7.77. The normalized spacial score (nSPS) is 19.1. The Morgan fingerprint density at radius 3 is 2.20 bits per heavy atom. The van der Waals surface area contributed by atoms with Crippen LogP contribution in [0.1, 0.15) is 36.8 Å². The van der Waals surface area contributed by atoms with Crippen molar-refractivity contribution in [2.24, 2.45) is 11.8 Å². The first-order valence-electron chi connectivity index (χ1n) is 9.91. The second kappa shape index (κ2) is 8.87. The number of anilines is 2. The summed E-state index contributed by atoms with van der Waals surface area (Å²) >= 11 is 0. The summed E-state index contributed by atoms with van der Waals surface area (Å²) in [6.45, 7) is 3.77. The van der Waals surface area contributed by atoms with Gasteiger partial charge in [0, 0.05) is 5.69 Å². The summed E-state index contributed by atoms with van der Waals surface area (Å²) in [5, 5.41) is 12.1. The Hall–Kier alpha value is -2.87. The lowest BCUT2D eigenvalue weighted by Gasteiger charge is -2.27. The Balaban J connectivity index is 1.71. The highest BCUT2D eigenvalue weighted by Gasteiger charge is 2.35. The van der Waals surface area contributed by atoms with Gasteiger partial charge < -0.3 is 10.4 Å². The maximum Gasteiger partial charge on any atom is 0.307 e. The molecule has 1 saturated carbocycles. The SMILES string of the molecule is Cc1ccc(NS(=O)(=O)c2ccc(NC(=O)[C@@H]3CCCC[C@@H]3C(=O)O)cc2)c(C)c1. The number of aryl methyl sites for hydroxylation is 2. The molecule has 0 heterocycles. The predicted octanol–water partition coefficient (Wildman–Crippen LogP) is 3.93. The number of benzene rings is 2. The van der Waals surface area contributed by atoms with Crippen LogP contribution in [-0.2, 0) is 19.6 Å². The van der Waals surface area contributed by atoms with Gasteiger partial charge in [-0.1, -0.05) is 30.5 Å². The van der Waals surface area contributed by atoms with Crippen molar-refractivity contribution < 1.29 is 23.1 Å². The number of aliphatic carboxylic acids is 1. The molecule has 3 rings (SSSR count). The van der Waals surface area contributed by atoms with Gasteiger partial charge in [0.1, 0.15) is 0 Å². The average Bonchev–Trinajstić information content (AvgIpc) is 2.70. The number of hydrogen-bond acceptors (Lipinski definition) is 4. The zero-order valence-corrected chi connectivity index (χ0v) is 17.8. The number of nitrogens with one attached hydrogen (secondary N) is 2. The highest BCUT2D eigenvalue weighted by Crippen LogP contribution is 2.31. The van der Waals surface area contributed by atoms with E-state index in [1.54, 1.807) is 6.07 Å². The molecule has 0 saturated heterocycles. The van der Waals surface area contributed by atoms with Crippen LogP contribution in [0.25, 0.3) is 0 Å². The van der Waals surface area contributed by atoms with Crippen LogP contribution in [0, 0.1) is 25.7 Å². The van der Waals surface area contributed by atoms with E-state index in [0.29, 0.717) is 24.2 Å². The van der Waals surface area contributed by atoms with Crippen LogP contribution in [0.15, 0.2) is 47.4 Å². The number of sulfonamides is 1. The number of carboxylic acids is 1. The van der Waals surface area contributed by atoms with E-state index in [1.807, 2.05) is 26.0 Å². The van der Waals surface area contributed by atoms with E-state index in [2.05, 4.69) is 10.0 Å². The third-order valence-electron chi connectivity index (χ3n) is 5.48. The number of carboxylic acid groups (broad SMARTS) is 1. The van der Waals surface area contributed by atoms with Crippen molar-refractivity contribution in [2.75, 3.05) is 10.0 Å². The first-order chi connectivity index (χ1) is 14.2. The van der Waals surface area contributed by atoms with Crippen LogP contribution in [0.5, 0.6) is 0 Å². The highest BCUT2D eigenvalue weighted by atomic mass is 32.2. The van der Waals surface area contributed by atoms with Gasteiger partial charge in [-0.15, -0.1) is 0 Å². The second-order valence-corrected chi connectivity index (χ2v) is 9.46. The quantitative estimate of drug-likeness (QED) is 0.643. The summed E-state index contributed by atoms with van der Waals surface area (Å²) in [7, 11) is -3.77. The number of hydrogen-bond donors (Lipinski definition) is 3. The summed E-state index contributed by atoms with van der Waals surface area (Å²) in [6.07, 6.45) is 2.66. The average molecular weight is 431 g/mol. The van der Waals surface area contributed by atoms with Crippen molar-refractivity contribution in [3.05, 3.63) is 53.6 Å². The summed E-state index contributed by atoms with van der Waals surface area (Å²) in [5.74, 6) is -2.55. The molecule has 1 fully saturated rings. The van der Waals surface area contributed by atoms with Crippen molar-refractivity contribution >= 4 is 33.3 Å². The number of rotatable bonds is 6. The minimum absolute atomic E-state index is 0.0709. The van der Waals surface area contributed by atoms with Gasteiger partial charge in [-0.2, -0.15) is 0 Å². The van der Waals surface area contributed by atoms with Gasteiger partial charge in [0.15, 0.2) is 0 Å². The van der Waals surface area contributed by atoms with Gasteiger partial charge in [-0.25, -0.2) is 8.42 Å². The minimum Gasteiger partial charge on any atom is -0.481 e. The standard InChI is InChI=1S/C22H26N2O5S/c1-14-7-12-20(15(2)13-14)24-30(28,29)17-10-8-16(9-11-17)23-21(25)18-5-3-4-6-19(18)22(26)27/h7-13,18-19,24H,3-6H2,1-2H3,(H,23,25)(H,26,27)/t18-,19+/m1/s1. The molecule has 7 nitrogen and oxygen atoms in total. The fourth-order valence-corrected chi connectivity index (χ4v) is 4.96. The lowest BCUT2D eigenvalue weighted by molar-refractivity contribution is -0.147. The Morgan fingerprint density at radius 2 is 1.60 bits per heavy atom. The first-order valence-corrected chi connectivity index (χ1v) is 11.4. The topological polar surface area (TPSA) is 113 Å². The molecule has 0 unspecified atom stereocenters. The Bertz CT molecular complexity index is 1050. The predicted molar refractivity (Wildman–Crippen MR) is 115 cm³/mol. The van der Waals surface area contributed by atoms with Gasteiger partial charge >= 0.3 is 5.97 Å². The van der Waals surface area contributed by atoms with E-state index in [1.165, 1.54) is 24.3 Å². The number of amides is 1. The lowest BCUT2D eigenvalue weighted by Crippen LogP contribution is -2.36. The molecular formula is C22H26N2O5S. The first kappa shape index (κ1) is 21.8. The van der Waals surface area contributed by atoms with Gasteiger partial charge in [-0.3, -0.25) is 14.3 Å². The van der Waals surface area contributed by atoms with Gasteiger partial charge in [-0.05, 0) is 62.6 Å². The molecule has 1 aliphatic rings. The molecule has 1 aliphatic carbocycles. The maximum atomic E-state index is 12.7. The van der Waals surface area contributed by atoms with Gasteiger partial charge in [0.2, 0.25) is 5.91 Å². The molecule has 0 spiro atoms. The van der Waals surface area contributed by atoms with Crippen molar-refractivity contribution in [1.29, 1.82) is 0 Å². The third kappa shape index (κ3) is 4.99.